The monoisotopic (exact) mass is 296 g/mol. The van der Waals surface area contributed by atoms with Crippen molar-refractivity contribution in [1.29, 1.82) is 0 Å². The summed E-state index contributed by atoms with van der Waals surface area (Å²) in [5, 5.41) is 13.4. The molecule has 2 aromatic carbocycles. The van der Waals surface area contributed by atoms with Crippen LogP contribution in [0.15, 0.2) is 41.5 Å². The molecule has 0 radical (unpaired) electrons. The second-order valence-corrected chi connectivity index (χ2v) is 5.45. The third kappa shape index (κ3) is 4.19. The van der Waals surface area contributed by atoms with Gasteiger partial charge in [-0.3, -0.25) is 4.79 Å². The number of aromatic hydroxyl groups is 1. The average molecular weight is 296 g/mol. The van der Waals surface area contributed by atoms with Gasteiger partial charge in [-0.15, -0.1) is 0 Å². The summed E-state index contributed by atoms with van der Waals surface area (Å²) in [6.45, 7) is 6.10. The number of amides is 1. The number of hydrazone groups is 1. The summed E-state index contributed by atoms with van der Waals surface area (Å²) in [6.07, 6.45) is 1.85. The molecule has 0 spiro atoms. The van der Waals surface area contributed by atoms with Crippen LogP contribution in [-0.4, -0.2) is 17.2 Å². The van der Waals surface area contributed by atoms with Gasteiger partial charge in [0, 0.05) is 5.56 Å². The van der Waals surface area contributed by atoms with Crippen LogP contribution in [-0.2, 0) is 11.2 Å². The fourth-order valence-corrected chi connectivity index (χ4v) is 2.45. The molecule has 0 aliphatic carbocycles. The van der Waals surface area contributed by atoms with Crippen molar-refractivity contribution in [3.8, 4) is 5.75 Å². The highest BCUT2D eigenvalue weighted by atomic mass is 16.3. The number of benzene rings is 2. The topological polar surface area (TPSA) is 61.7 Å². The Hall–Kier alpha value is -2.62. The molecular weight excluding hydrogens is 276 g/mol. The van der Waals surface area contributed by atoms with Gasteiger partial charge < -0.3 is 5.11 Å². The molecule has 0 aliphatic rings. The Morgan fingerprint density at radius 2 is 1.86 bits per heavy atom. The standard InChI is InChI=1S/C18H20N2O2/c1-12-7-13(2)17(14(3)8-12)11-19-20-18(22)10-15-5-4-6-16(21)9-15/h4-9,11,21H,10H2,1-3H3,(H,20,22)/b19-11+. The lowest BCUT2D eigenvalue weighted by atomic mass is 10.0. The van der Waals surface area contributed by atoms with Crippen LogP contribution in [0.4, 0.5) is 0 Å². The summed E-state index contributed by atoms with van der Waals surface area (Å²) in [5.41, 5.74) is 7.74. The van der Waals surface area contributed by atoms with Crippen LogP contribution in [0.25, 0.3) is 0 Å². The SMILES string of the molecule is Cc1cc(C)c(/C=N/NC(=O)Cc2cccc(O)c2)c(C)c1. The van der Waals surface area contributed by atoms with Gasteiger partial charge >= 0.3 is 0 Å². The summed E-state index contributed by atoms with van der Waals surface area (Å²) >= 11 is 0. The Bertz CT molecular complexity index is 698. The minimum atomic E-state index is -0.218. The molecule has 2 N–H and O–H groups in total. The van der Waals surface area contributed by atoms with Gasteiger partial charge in [-0.2, -0.15) is 5.10 Å². The summed E-state index contributed by atoms with van der Waals surface area (Å²) in [6, 6.07) is 10.8. The van der Waals surface area contributed by atoms with E-state index in [4.69, 9.17) is 0 Å². The van der Waals surface area contributed by atoms with E-state index in [2.05, 4.69) is 29.6 Å². The molecule has 0 atom stereocenters. The van der Waals surface area contributed by atoms with E-state index in [-0.39, 0.29) is 18.1 Å². The first-order valence-corrected chi connectivity index (χ1v) is 7.13. The van der Waals surface area contributed by atoms with Crippen molar-refractivity contribution in [2.75, 3.05) is 0 Å². The zero-order valence-electron chi connectivity index (χ0n) is 13.1. The third-order valence-corrected chi connectivity index (χ3v) is 3.40. The molecule has 0 heterocycles. The highest BCUT2D eigenvalue weighted by molar-refractivity contribution is 5.86. The van der Waals surface area contributed by atoms with Crippen LogP contribution in [0.1, 0.15) is 27.8 Å². The summed E-state index contributed by atoms with van der Waals surface area (Å²) < 4.78 is 0. The van der Waals surface area contributed by atoms with Crippen LogP contribution < -0.4 is 5.43 Å². The van der Waals surface area contributed by atoms with E-state index in [1.165, 1.54) is 5.56 Å². The van der Waals surface area contributed by atoms with E-state index in [9.17, 15) is 9.90 Å². The highest BCUT2D eigenvalue weighted by Crippen LogP contribution is 2.14. The molecule has 4 nitrogen and oxygen atoms in total. The maximum Gasteiger partial charge on any atom is 0.244 e. The fraction of sp³-hybridized carbons (Fsp3) is 0.222. The molecule has 0 fully saturated rings. The summed E-state index contributed by atoms with van der Waals surface area (Å²) in [4.78, 5) is 11.8. The Balaban J connectivity index is 1.99. The Morgan fingerprint density at radius 3 is 2.50 bits per heavy atom. The van der Waals surface area contributed by atoms with Crippen LogP contribution in [0, 0.1) is 20.8 Å². The zero-order chi connectivity index (χ0) is 16.1. The molecule has 0 unspecified atom stereocenters. The van der Waals surface area contributed by atoms with E-state index in [0.29, 0.717) is 0 Å². The first-order chi connectivity index (χ1) is 10.5. The number of aryl methyl sites for hydroxylation is 3. The third-order valence-electron chi connectivity index (χ3n) is 3.40. The maximum atomic E-state index is 11.8. The number of carbonyl (C=O) groups is 1. The van der Waals surface area contributed by atoms with Crippen LogP contribution in [0.2, 0.25) is 0 Å². The molecule has 2 aromatic rings. The van der Waals surface area contributed by atoms with Crippen molar-refractivity contribution in [2.45, 2.75) is 27.2 Å². The van der Waals surface area contributed by atoms with Gasteiger partial charge in [-0.25, -0.2) is 5.43 Å². The first kappa shape index (κ1) is 15.8. The molecule has 0 aliphatic heterocycles. The molecule has 0 aromatic heterocycles. The molecule has 2 rings (SSSR count). The van der Waals surface area contributed by atoms with Gasteiger partial charge in [0.2, 0.25) is 5.91 Å². The van der Waals surface area contributed by atoms with Crippen LogP contribution in [0.5, 0.6) is 5.75 Å². The van der Waals surface area contributed by atoms with Crippen LogP contribution >= 0.6 is 0 Å². The number of nitrogens with zero attached hydrogens (tertiary/aromatic N) is 1. The number of hydrogen-bond acceptors (Lipinski definition) is 3. The van der Waals surface area contributed by atoms with Crippen molar-refractivity contribution in [3.05, 3.63) is 64.2 Å². The first-order valence-electron chi connectivity index (χ1n) is 7.13. The van der Waals surface area contributed by atoms with Crippen molar-refractivity contribution in [2.24, 2.45) is 5.10 Å². The maximum absolute atomic E-state index is 11.8. The number of phenolic OH excluding ortho intramolecular Hbond substituents is 1. The van der Waals surface area contributed by atoms with Crippen LogP contribution in [0.3, 0.4) is 0 Å². The van der Waals surface area contributed by atoms with Crippen molar-refractivity contribution < 1.29 is 9.90 Å². The van der Waals surface area contributed by atoms with Gasteiger partial charge in [0.15, 0.2) is 0 Å². The smallest absolute Gasteiger partial charge is 0.244 e. The summed E-state index contributed by atoms with van der Waals surface area (Å²) in [7, 11) is 0. The predicted octanol–water partition coefficient (Wildman–Crippen LogP) is 3.01. The van der Waals surface area contributed by atoms with Gasteiger partial charge in [0.05, 0.1) is 12.6 Å². The number of nitrogens with one attached hydrogen (secondary N) is 1. The van der Waals surface area contributed by atoms with E-state index in [1.807, 2.05) is 13.8 Å². The number of rotatable bonds is 4. The quantitative estimate of drug-likeness (QED) is 0.673. The normalized spacial score (nSPS) is 10.9. The number of carbonyl (C=O) groups excluding carboxylic acids is 1. The van der Waals surface area contributed by atoms with E-state index in [1.54, 1.807) is 30.5 Å². The fourth-order valence-electron chi connectivity index (χ4n) is 2.45. The Morgan fingerprint density at radius 1 is 1.18 bits per heavy atom. The minimum absolute atomic E-state index is 0.153. The van der Waals surface area contributed by atoms with Gasteiger partial charge in [0.25, 0.3) is 0 Å². The molecule has 4 heteroatoms. The average Bonchev–Trinajstić information content (AvgIpc) is 2.41. The number of hydrogen-bond donors (Lipinski definition) is 2. The molecule has 0 bridgehead atoms. The summed E-state index contributed by atoms with van der Waals surface area (Å²) in [5.74, 6) is -0.0658. The van der Waals surface area contributed by atoms with Gasteiger partial charge in [0.1, 0.15) is 5.75 Å². The molecule has 1 amide bonds. The lowest BCUT2D eigenvalue weighted by molar-refractivity contribution is -0.120. The Kier molecular flexibility index (Phi) is 4.94. The molecule has 0 saturated heterocycles. The predicted molar refractivity (Wildman–Crippen MR) is 88.2 cm³/mol. The van der Waals surface area contributed by atoms with E-state index < -0.39 is 0 Å². The molecular formula is C18H20N2O2. The van der Waals surface area contributed by atoms with Crippen molar-refractivity contribution >= 4 is 12.1 Å². The Labute approximate surface area is 130 Å². The second-order valence-electron chi connectivity index (χ2n) is 5.45. The minimum Gasteiger partial charge on any atom is -0.508 e. The molecule has 0 saturated carbocycles. The van der Waals surface area contributed by atoms with Crippen molar-refractivity contribution in [3.63, 3.8) is 0 Å². The molecule has 22 heavy (non-hydrogen) atoms. The van der Waals surface area contributed by atoms with Gasteiger partial charge in [-0.05, 0) is 49.6 Å². The number of phenols is 1. The lowest BCUT2D eigenvalue weighted by Crippen LogP contribution is -2.19. The lowest BCUT2D eigenvalue weighted by Gasteiger charge is -2.06. The van der Waals surface area contributed by atoms with Gasteiger partial charge in [-0.1, -0.05) is 29.8 Å². The molecule has 114 valence electrons. The zero-order valence-corrected chi connectivity index (χ0v) is 13.1. The van der Waals surface area contributed by atoms with E-state index >= 15 is 0 Å². The second kappa shape index (κ2) is 6.89. The van der Waals surface area contributed by atoms with Crippen molar-refractivity contribution in [1.82, 2.24) is 5.43 Å². The highest BCUT2D eigenvalue weighted by Gasteiger charge is 2.04. The largest absolute Gasteiger partial charge is 0.508 e. The van der Waals surface area contributed by atoms with E-state index in [0.717, 1.165) is 22.3 Å².